The number of aromatic carboxylic acids is 1. The number of thioether (sulfide) groups is 1. The molecule has 0 aromatic heterocycles. The molecular formula is C14H17ClO4S2. The minimum Gasteiger partial charge on any atom is -0.478 e. The first-order valence-electron chi connectivity index (χ1n) is 6.73. The fraction of sp³-hybridized carbons (Fsp3) is 0.500. The van der Waals surface area contributed by atoms with E-state index in [1.54, 1.807) is 0 Å². The highest BCUT2D eigenvalue weighted by molar-refractivity contribution is 8.00. The summed E-state index contributed by atoms with van der Waals surface area (Å²) in [5, 5.41) is 9.47. The lowest BCUT2D eigenvalue weighted by Gasteiger charge is -2.22. The molecule has 0 amide bonds. The Kier molecular flexibility index (Phi) is 5.22. The Morgan fingerprint density at radius 2 is 1.90 bits per heavy atom. The van der Waals surface area contributed by atoms with Crippen molar-refractivity contribution >= 4 is 39.2 Å². The maximum Gasteiger partial charge on any atom is 0.337 e. The van der Waals surface area contributed by atoms with Gasteiger partial charge in [0.1, 0.15) is 0 Å². The van der Waals surface area contributed by atoms with E-state index in [2.05, 4.69) is 0 Å². The first kappa shape index (κ1) is 16.6. The van der Waals surface area contributed by atoms with Crippen molar-refractivity contribution in [2.24, 2.45) is 0 Å². The third kappa shape index (κ3) is 3.93. The number of hydrogen-bond acceptors (Lipinski definition) is 4. The minimum atomic E-state index is -3.45. The van der Waals surface area contributed by atoms with Crippen LogP contribution < -0.4 is 0 Å². The SMILES string of the molecule is CS(=O)(=O)c1ccc(C(=O)O)c(Cl)c1SC1CCCCC1. The van der Waals surface area contributed by atoms with Crippen LogP contribution in [0.15, 0.2) is 21.9 Å². The van der Waals surface area contributed by atoms with E-state index in [1.165, 1.54) is 30.3 Å². The van der Waals surface area contributed by atoms with E-state index in [0.717, 1.165) is 31.9 Å². The normalized spacial score (nSPS) is 16.9. The zero-order valence-corrected chi connectivity index (χ0v) is 14.0. The molecule has 0 saturated heterocycles. The highest BCUT2D eigenvalue weighted by Gasteiger charge is 2.25. The number of halogens is 1. The van der Waals surface area contributed by atoms with Gasteiger partial charge in [0, 0.05) is 16.4 Å². The Balaban J connectivity index is 2.47. The second-order valence-corrected chi connectivity index (χ2v) is 8.88. The average molecular weight is 349 g/mol. The maximum atomic E-state index is 11.9. The van der Waals surface area contributed by atoms with Crippen molar-refractivity contribution in [1.29, 1.82) is 0 Å². The van der Waals surface area contributed by atoms with E-state index < -0.39 is 15.8 Å². The van der Waals surface area contributed by atoms with Crippen molar-refractivity contribution in [2.45, 2.75) is 47.1 Å². The minimum absolute atomic E-state index is 0.0287. The Morgan fingerprint density at radius 3 is 2.43 bits per heavy atom. The van der Waals surface area contributed by atoms with Gasteiger partial charge in [0.05, 0.1) is 15.5 Å². The summed E-state index contributed by atoms with van der Waals surface area (Å²) in [6.45, 7) is 0. The van der Waals surface area contributed by atoms with E-state index in [-0.39, 0.29) is 15.5 Å². The van der Waals surface area contributed by atoms with Gasteiger partial charge in [-0.3, -0.25) is 0 Å². The largest absolute Gasteiger partial charge is 0.478 e. The molecule has 21 heavy (non-hydrogen) atoms. The van der Waals surface area contributed by atoms with Gasteiger partial charge in [-0.25, -0.2) is 13.2 Å². The van der Waals surface area contributed by atoms with Crippen molar-refractivity contribution in [3.8, 4) is 0 Å². The molecule has 2 rings (SSSR count). The number of carbonyl (C=O) groups is 1. The molecule has 7 heteroatoms. The molecule has 0 radical (unpaired) electrons. The van der Waals surface area contributed by atoms with Crippen molar-refractivity contribution in [3.05, 3.63) is 22.7 Å². The van der Waals surface area contributed by atoms with Gasteiger partial charge in [-0.2, -0.15) is 0 Å². The Labute approximate surface area is 133 Å². The van der Waals surface area contributed by atoms with E-state index in [1.807, 2.05) is 0 Å². The number of benzene rings is 1. The molecule has 1 aliphatic rings. The molecule has 1 fully saturated rings. The molecule has 1 aromatic carbocycles. The van der Waals surface area contributed by atoms with Crippen LogP contribution in [0.4, 0.5) is 0 Å². The number of sulfone groups is 1. The van der Waals surface area contributed by atoms with Crippen molar-refractivity contribution < 1.29 is 18.3 Å². The summed E-state index contributed by atoms with van der Waals surface area (Å²) in [7, 11) is -3.45. The predicted octanol–water partition coefficient (Wildman–Crippen LogP) is 3.87. The molecule has 0 bridgehead atoms. The summed E-state index contributed by atoms with van der Waals surface area (Å²) in [4.78, 5) is 11.7. The molecule has 0 heterocycles. The monoisotopic (exact) mass is 348 g/mol. The van der Waals surface area contributed by atoms with Gasteiger partial charge in [0.15, 0.2) is 9.84 Å². The van der Waals surface area contributed by atoms with E-state index in [4.69, 9.17) is 16.7 Å². The third-order valence-corrected chi connectivity index (χ3v) is 6.77. The molecule has 0 unspecified atom stereocenters. The maximum absolute atomic E-state index is 11.9. The molecule has 0 spiro atoms. The predicted molar refractivity (Wildman–Crippen MR) is 84.3 cm³/mol. The quantitative estimate of drug-likeness (QED) is 0.894. The summed E-state index contributed by atoms with van der Waals surface area (Å²) >= 11 is 7.57. The molecule has 4 nitrogen and oxygen atoms in total. The molecular weight excluding hydrogens is 332 g/mol. The van der Waals surface area contributed by atoms with Crippen LogP contribution in [0.3, 0.4) is 0 Å². The highest BCUT2D eigenvalue weighted by atomic mass is 35.5. The first-order chi connectivity index (χ1) is 9.80. The van der Waals surface area contributed by atoms with Crippen molar-refractivity contribution in [3.63, 3.8) is 0 Å². The fourth-order valence-corrected chi connectivity index (χ4v) is 5.54. The Morgan fingerprint density at radius 1 is 1.29 bits per heavy atom. The molecule has 1 aliphatic carbocycles. The number of rotatable bonds is 4. The van der Waals surface area contributed by atoms with Gasteiger partial charge in [-0.1, -0.05) is 30.9 Å². The second kappa shape index (κ2) is 6.58. The van der Waals surface area contributed by atoms with Gasteiger partial charge >= 0.3 is 5.97 Å². The van der Waals surface area contributed by atoms with Crippen LogP contribution in [0.25, 0.3) is 0 Å². The van der Waals surface area contributed by atoms with Crippen LogP contribution in [0.1, 0.15) is 42.5 Å². The molecule has 0 atom stereocenters. The van der Waals surface area contributed by atoms with Crippen LogP contribution in [-0.4, -0.2) is 31.0 Å². The smallest absolute Gasteiger partial charge is 0.337 e. The summed E-state index contributed by atoms with van der Waals surface area (Å²) in [5.74, 6) is -1.15. The number of hydrogen-bond donors (Lipinski definition) is 1. The standard InChI is InChI=1S/C14H17ClO4S2/c1-21(18,19)11-8-7-10(14(16)17)12(15)13(11)20-9-5-3-2-4-6-9/h7-9H,2-6H2,1H3,(H,16,17). The van der Waals surface area contributed by atoms with E-state index in [0.29, 0.717) is 10.1 Å². The van der Waals surface area contributed by atoms with Gasteiger partial charge < -0.3 is 5.11 Å². The number of carboxylic acid groups (broad SMARTS) is 1. The lowest BCUT2D eigenvalue weighted by molar-refractivity contribution is 0.0696. The van der Waals surface area contributed by atoms with Gasteiger partial charge in [-0.05, 0) is 25.0 Å². The summed E-state index contributed by atoms with van der Waals surface area (Å²) < 4.78 is 23.8. The van der Waals surface area contributed by atoms with Crippen LogP contribution in [0.2, 0.25) is 5.02 Å². The highest BCUT2D eigenvalue weighted by Crippen LogP contribution is 2.41. The van der Waals surface area contributed by atoms with Gasteiger partial charge in [0.25, 0.3) is 0 Å². The van der Waals surface area contributed by atoms with E-state index in [9.17, 15) is 13.2 Å². The van der Waals surface area contributed by atoms with Crippen molar-refractivity contribution in [2.75, 3.05) is 6.26 Å². The molecule has 1 N–H and O–H groups in total. The molecule has 116 valence electrons. The Hall–Kier alpha value is -0.720. The molecule has 1 saturated carbocycles. The lowest BCUT2D eigenvalue weighted by Crippen LogP contribution is -2.11. The molecule has 0 aliphatic heterocycles. The van der Waals surface area contributed by atoms with Gasteiger partial charge in [-0.15, -0.1) is 11.8 Å². The topological polar surface area (TPSA) is 71.4 Å². The zero-order chi connectivity index (χ0) is 15.6. The Bertz CT molecular complexity index is 649. The van der Waals surface area contributed by atoms with Crippen LogP contribution in [0.5, 0.6) is 0 Å². The van der Waals surface area contributed by atoms with E-state index >= 15 is 0 Å². The third-order valence-electron chi connectivity index (χ3n) is 3.53. The van der Waals surface area contributed by atoms with Crippen LogP contribution >= 0.6 is 23.4 Å². The average Bonchev–Trinajstić information content (AvgIpc) is 2.40. The second-order valence-electron chi connectivity index (χ2n) is 5.21. The number of carboxylic acids is 1. The van der Waals surface area contributed by atoms with Crippen LogP contribution in [-0.2, 0) is 9.84 Å². The van der Waals surface area contributed by atoms with Crippen molar-refractivity contribution in [1.82, 2.24) is 0 Å². The van der Waals surface area contributed by atoms with Gasteiger partial charge in [0.2, 0.25) is 0 Å². The summed E-state index contributed by atoms with van der Waals surface area (Å²) in [6.07, 6.45) is 6.54. The zero-order valence-electron chi connectivity index (χ0n) is 11.6. The summed E-state index contributed by atoms with van der Waals surface area (Å²) in [5.41, 5.74) is -0.0534. The fourth-order valence-electron chi connectivity index (χ4n) is 2.45. The first-order valence-corrected chi connectivity index (χ1v) is 9.88. The molecule has 1 aromatic rings. The lowest BCUT2D eigenvalue weighted by atomic mass is 10.0. The summed E-state index contributed by atoms with van der Waals surface area (Å²) in [6, 6.07) is 2.60. The van der Waals surface area contributed by atoms with Crippen LogP contribution in [0, 0.1) is 0 Å².